The van der Waals surface area contributed by atoms with E-state index < -0.39 is 0 Å². The fourth-order valence-corrected chi connectivity index (χ4v) is 3.33. The molecule has 130 valence electrons. The van der Waals surface area contributed by atoms with Crippen molar-refractivity contribution >= 4 is 12.0 Å². The molecule has 5 nitrogen and oxygen atoms in total. The Labute approximate surface area is 147 Å². The number of ether oxygens (including phenoxy) is 2. The van der Waals surface area contributed by atoms with Crippen molar-refractivity contribution in [2.24, 2.45) is 0 Å². The minimum atomic E-state index is -0.103. The number of benzene rings is 1. The van der Waals surface area contributed by atoms with Crippen LogP contribution in [0.5, 0.6) is 11.5 Å². The van der Waals surface area contributed by atoms with E-state index in [2.05, 4.69) is 29.8 Å². The SMILES string of the molecule is Cc1cc(/C=C/C(=O)NCc2ccc3c(c2)OCO3)c(C)n1C1CC1. The van der Waals surface area contributed by atoms with Crippen LogP contribution in [-0.4, -0.2) is 17.3 Å². The minimum absolute atomic E-state index is 0.103. The average molecular weight is 338 g/mol. The summed E-state index contributed by atoms with van der Waals surface area (Å²) in [5.41, 5.74) is 4.60. The van der Waals surface area contributed by atoms with Gasteiger partial charge in [-0.1, -0.05) is 6.07 Å². The first kappa shape index (κ1) is 15.8. The molecule has 0 bridgehead atoms. The Morgan fingerprint density at radius 3 is 2.84 bits per heavy atom. The van der Waals surface area contributed by atoms with Gasteiger partial charge in [0.1, 0.15) is 0 Å². The highest BCUT2D eigenvalue weighted by molar-refractivity contribution is 5.91. The summed E-state index contributed by atoms with van der Waals surface area (Å²) in [4.78, 5) is 12.1. The van der Waals surface area contributed by atoms with E-state index in [4.69, 9.17) is 9.47 Å². The summed E-state index contributed by atoms with van der Waals surface area (Å²) in [5.74, 6) is 1.38. The minimum Gasteiger partial charge on any atom is -0.454 e. The van der Waals surface area contributed by atoms with Crippen LogP contribution >= 0.6 is 0 Å². The van der Waals surface area contributed by atoms with E-state index in [1.807, 2.05) is 24.3 Å². The van der Waals surface area contributed by atoms with Gasteiger partial charge >= 0.3 is 0 Å². The van der Waals surface area contributed by atoms with Crippen molar-refractivity contribution in [1.29, 1.82) is 0 Å². The highest BCUT2D eigenvalue weighted by atomic mass is 16.7. The maximum atomic E-state index is 12.1. The molecule has 1 aromatic carbocycles. The van der Waals surface area contributed by atoms with Crippen molar-refractivity contribution in [3.63, 3.8) is 0 Å². The summed E-state index contributed by atoms with van der Waals surface area (Å²) >= 11 is 0. The van der Waals surface area contributed by atoms with Gasteiger partial charge in [0.15, 0.2) is 11.5 Å². The number of nitrogens with zero attached hydrogens (tertiary/aromatic N) is 1. The lowest BCUT2D eigenvalue weighted by atomic mass is 10.2. The number of carbonyl (C=O) groups excluding carboxylic acids is 1. The zero-order chi connectivity index (χ0) is 17.4. The lowest BCUT2D eigenvalue weighted by molar-refractivity contribution is -0.116. The summed E-state index contributed by atoms with van der Waals surface area (Å²) in [6.45, 7) is 4.96. The molecule has 1 fully saturated rings. The van der Waals surface area contributed by atoms with Crippen LogP contribution in [0.3, 0.4) is 0 Å². The van der Waals surface area contributed by atoms with Crippen molar-refractivity contribution in [3.8, 4) is 11.5 Å². The molecular formula is C20H22N2O3. The smallest absolute Gasteiger partial charge is 0.244 e. The van der Waals surface area contributed by atoms with Gasteiger partial charge in [-0.2, -0.15) is 0 Å². The zero-order valence-corrected chi connectivity index (χ0v) is 14.5. The molecule has 1 amide bonds. The highest BCUT2D eigenvalue weighted by Gasteiger charge is 2.26. The van der Waals surface area contributed by atoms with Crippen LogP contribution in [0.15, 0.2) is 30.3 Å². The summed E-state index contributed by atoms with van der Waals surface area (Å²) in [7, 11) is 0. The molecule has 0 saturated heterocycles. The van der Waals surface area contributed by atoms with Gasteiger partial charge in [-0.3, -0.25) is 4.79 Å². The number of hydrogen-bond acceptors (Lipinski definition) is 3. The molecule has 1 aromatic heterocycles. The van der Waals surface area contributed by atoms with Crippen LogP contribution < -0.4 is 14.8 Å². The Kier molecular flexibility index (Phi) is 3.99. The van der Waals surface area contributed by atoms with Crippen LogP contribution in [0, 0.1) is 13.8 Å². The summed E-state index contributed by atoms with van der Waals surface area (Å²) < 4.78 is 13.0. The fraction of sp³-hybridized carbons (Fsp3) is 0.350. The molecule has 0 atom stereocenters. The number of fused-ring (bicyclic) bond motifs is 1. The second-order valence-electron chi connectivity index (χ2n) is 6.67. The normalized spacial score (nSPS) is 15.8. The third-order valence-electron chi connectivity index (χ3n) is 4.75. The summed E-state index contributed by atoms with van der Waals surface area (Å²) in [6.07, 6.45) is 6.02. The number of amides is 1. The molecule has 1 aliphatic carbocycles. The van der Waals surface area contributed by atoms with E-state index >= 15 is 0 Å². The molecule has 25 heavy (non-hydrogen) atoms. The molecule has 1 aliphatic heterocycles. The second kappa shape index (κ2) is 6.31. The number of nitrogens with one attached hydrogen (secondary N) is 1. The predicted molar refractivity (Wildman–Crippen MR) is 95.6 cm³/mol. The quantitative estimate of drug-likeness (QED) is 0.849. The molecule has 2 aromatic rings. The standard InChI is InChI=1S/C20H22N2O3/c1-13-9-16(14(2)22(13)17-5-6-17)4-8-20(23)21-11-15-3-7-18-19(10-15)25-12-24-18/h3-4,7-10,17H,5-6,11-12H2,1-2H3,(H,21,23)/b8-4+. The number of carbonyl (C=O) groups is 1. The molecule has 0 spiro atoms. The molecule has 5 heteroatoms. The fourth-order valence-electron chi connectivity index (χ4n) is 3.33. The van der Waals surface area contributed by atoms with Gasteiger partial charge in [0.2, 0.25) is 12.7 Å². The molecule has 1 saturated carbocycles. The number of aryl methyl sites for hydroxylation is 1. The van der Waals surface area contributed by atoms with E-state index in [9.17, 15) is 4.79 Å². The molecular weight excluding hydrogens is 316 g/mol. The van der Waals surface area contributed by atoms with Crippen molar-refractivity contribution < 1.29 is 14.3 Å². The van der Waals surface area contributed by atoms with Crippen LogP contribution in [0.1, 0.15) is 41.4 Å². The van der Waals surface area contributed by atoms with Gasteiger partial charge in [-0.25, -0.2) is 0 Å². The van der Waals surface area contributed by atoms with Crippen molar-refractivity contribution in [2.45, 2.75) is 39.3 Å². The maximum absolute atomic E-state index is 12.1. The molecule has 2 aliphatic rings. The molecule has 4 rings (SSSR count). The van der Waals surface area contributed by atoms with Crippen LogP contribution in [0.4, 0.5) is 0 Å². The topological polar surface area (TPSA) is 52.5 Å². The third kappa shape index (κ3) is 3.27. The van der Waals surface area contributed by atoms with E-state index in [0.29, 0.717) is 12.6 Å². The maximum Gasteiger partial charge on any atom is 0.244 e. The van der Waals surface area contributed by atoms with Crippen molar-refractivity contribution in [2.75, 3.05) is 6.79 Å². The third-order valence-corrected chi connectivity index (χ3v) is 4.75. The van der Waals surface area contributed by atoms with Gasteiger partial charge < -0.3 is 19.4 Å². The Bertz CT molecular complexity index is 847. The van der Waals surface area contributed by atoms with Crippen LogP contribution in [-0.2, 0) is 11.3 Å². The first-order valence-electron chi connectivity index (χ1n) is 8.64. The van der Waals surface area contributed by atoms with Gasteiger partial charge in [-0.15, -0.1) is 0 Å². The highest BCUT2D eigenvalue weighted by Crippen LogP contribution is 2.38. The average Bonchev–Trinajstić information content (AvgIpc) is 3.24. The Hall–Kier alpha value is -2.69. The van der Waals surface area contributed by atoms with Crippen LogP contribution in [0.25, 0.3) is 6.08 Å². The largest absolute Gasteiger partial charge is 0.454 e. The van der Waals surface area contributed by atoms with E-state index in [-0.39, 0.29) is 12.7 Å². The lowest BCUT2D eigenvalue weighted by Crippen LogP contribution is -2.20. The van der Waals surface area contributed by atoms with Gasteiger partial charge in [0, 0.05) is 30.1 Å². The first-order chi connectivity index (χ1) is 12.1. The zero-order valence-electron chi connectivity index (χ0n) is 14.5. The van der Waals surface area contributed by atoms with E-state index in [1.165, 1.54) is 24.2 Å². The predicted octanol–water partition coefficient (Wildman–Crippen LogP) is 3.50. The van der Waals surface area contributed by atoms with E-state index in [1.54, 1.807) is 6.08 Å². The Morgan fingerprint density at radius 2 is 2.04 bits per heavy atom. The monoisotopic (exact) mass is 338 g/mol. The lowest BCUT2D eigenvalue weighted by Gasteiger charge is -2.06. The van der Waals surface area contributed by atoms with Crippen molar-refractivity contribution in [3.05, 3.63) is 52.9 Å². The molecule has 1 N–H and O–H groups in total. The Balaban J connectivity index is 1.37. The molecule has 2 heterocycles. The summed E-state index contributed by atoms with van der Waals surface area (Å²) in [6, 6.07) is 8.50. The number of aromatic nitrogens is 1. The van der Waals surface area contributed by atoms with Gasteiger partial charge in [0.25, 0.3) is 0 Å². The first-order valence-corrected chi connectivity index (χ1v) is 8.64. The van der Waals surface area contributed by atoms with Gasteiger partial charge in [0.05, 0.1) is 0 Å². The van der Waals surface area contributed by atoms with Crippen molar-refractivity contribution in [1.82, 2.24) is 9.88 Å². The van der Waals surface area contributed by atoms with E-state index in [0.717, 1.165) is 22.6 Å². The van der Waals surface area contributed by atoms with Crippen LogP contribution in [0.2, 0.25) is 0 Å². The summed E-state index contributed by atoms with van der Waals surface area (Å²) in [5, 5.41) is 2.91. The van der Waals surface area contributed by atoms with Gasteiger partial charge in [-0.05, 0) is 62.1 Å². The second-order valence-corrected chi connectivity index (χ2v) is 6.67. The Morgan fingerprint density at radius 1 is 1.24 bits per heavy atom. The molecule has 0 unspecified atom stereocenters. The number of rotatable bonds is 5. The molecule has 0 radical (unpaired) electrons. The number of hydrogen-bond donors (Lipinski definition) is 1.